The smallest absolute Gasteiger partial charge is 0.270 e. The molecular formula is C15H18N4O3S. The molecule has 1 fully saturated rings. The fraction of sp³-hybridized carbons (Fsp3) is 0.467. The van der Waals surface area contributed by atoms with Crippen molar-refractivity contribution in [3.8, 4) is 0 Å². The first-order valence-corrected chi connectivity index (χ1v) is 8.50. The van der Waals surface area contributed by atoms with Gasteiger partial charge in [0.05, 0.1) is 4.88 Å². The van der Waals surface area contributed by atoms with Crippen LogP contribution >= 0.6 is 11.3 Å². The molecule has 122 valence electrons. The zero-order chi connectivity index (χ0) is 16.2. The summed E-state index contributed by atoms with van der Waals surface area (Å²) in [6.45, 7) is 1.17. The number of carbonyl (C=O) groups excluding carboxylic acids is 3. The molecule has 0 unspecified atom stereocenters. The Hall–Kier alpha value is -2.22. The van der Waals surface area contributed by atoms with E-state index in [1.807, 2.05) is 11.4 Å². The van der Waals surface area contributed by atoms with E-state index < -0.39 is 0 Å². The van der Waals surface area contributed by atoms with Gasteiger partial charge in [0.25, 0.3) is 11.8 Å². The van der Waals surface area contributed by atoms with Crippen LogP contribution < -0.4 is 10.7 Å². The average Bonchev–Trinajstić information content (AvgIpc) is 3.10. The van der Waals surface area contributed by atoms with Gasteiger partial charge >= 0.3 is 0 Å². The number of hydrogen-bond donors (Lipinski definition) is 2. The van der Waals surface area contributed by atoms with E-state index in [0.717, 1.165) is 12.8 Å². The zero-order valence-corrected chi connectivity index (χ0v) is 13.4. The number of carbonyl (C=O) groups is 3. The minimum atomic E-state index is -0.156. The maximum atomic E-state index is 12.3. The van der Waals surface area contributed by atoms with Gasteiger partial charge in [0, 0.05) is 32.0 Å². The average molecular weight is 334 g/mol. The third-order valence-electron chi connectivity index (χ3n) is 4.01. The molecule has 2 aliphatic rings. The first-order valence-electron chi connectivity index (χ1n) is 7.62. The van der Waals surface area contributed by atoms with Gasteiger partial charge in [-0.05, 0) is 24.3 Å². The molecule has 0 bridgehead atoms. The van der Waals surface area contributed by atoms with E-state index in [1.165, 1.54) is 11.3 Å². The van der Waals surface area contributed by atoms with Crippen LogP contribution in [0.4, 0.5) is 0 Å². The molecule has 0 saturated carbocycles. The van der Waals surface area contributed by atoms with Gasteiger partial charge in [0.15, 0.2) is 0 Å². The Morgan fingerprint density at radius 1 is 1.30 bits per heavy atom. The first kappa shape index (κ1) is 15.7. The van der Waals surface area contributed by atoms with E-state index in [9.17, 15) is 14.4 Å². The monoisotopic (exact) mass is 334 g/mol. The van der Waals surface area contributed by atoms with Crippen molar-refractivity contribution in [2.24, 2.45) is 5.10 Å². The van der Waals surface area contributed by atoms with Crippen molar-refractivity contribution in [2.45, 2.75) is 31.7 Å². The minimum absolute atomic E-state index is 0.0517. The Balaban J connectivity index is 1.49. The molecule has 2 aliphatic heterocycles. The summed E-state index contributed by atoms with van der Waals surface area (Å²) in [5.74, 6) is -0.325. The van der Waals surface area contributed by atoms with Crippen LogP contribution in [0.1, 0.15) is 35.4 Å². The number of hydrazone groups is 1. The summed E-state index contributed by atoms with van der Waals surface area (Å²) in [5, 5.41) is 8.73. The Morgan fingerprint density at radius 2 is 2.09 bits per heavy atom. The third kappa shape index (κ3) is 3.76. The summed E-state index contributed by atoms with van der Waals surface area (Å²) in [4.78, 5) is 37.9. The van der Waals surface area contributed by atoms with Gasteiger partial charge in [-0.3, -0.25) is 14.4 Å². The second-order valence-electron chi connectivity index (χ2n) is 5.61. The Morgan fingerprint density at radius 3 is 2.70 bits per heavy atom. The number of rotatable bonds is 3. The second-order valence-corrected chi connectivity index (χ2v) is 6.56. The van der Waals surface area contributed by atoms with E-state index in [2.05, 4.69) is 15.8 Å². The van der Waals surface area contributed by atoms with Crippen molar-refractivity contribution in [3.63, 3.8) is 0 Å². The Bertz CT molecular complexity index is 633. The van der Waals surface area contributed by atoms with Crippen molar-refractivity contribution in [1.29, 1.82) is 0 Å². The number of nitrogens with zero attached hydrogens (tertiary/aromatic N) is 2. The van der Waals surface area contributed by atoms with E-state index >= 15 is 0 Å². The largest absolute Gasteiger partial charge is 0.348 e. The predicted octanol–water partition coefficient (Wildman–Crippen LogP) is 0.735. The van der Waals surface area contributed by atoms with E-state index in [-0.39, 0.29) is 23.8 Å². The molecule has 0 aliphatic carbocycles. The summed E-state index contributed by atoms with van der Waals surface area (Å²) < 4.78 is 0. The maximum absolute atomic E-state index is 12.3. The van der Waals surface area contributed by atoms with Crippen molar-refractivity contribution in [2.75, 3.05) is 13.1 Å². The second kappa shape index (κ2) is 6.91. The van der Waals surface area contributed by atoms with Gasteiger partial charge in [0.2, 0.25) is 5.91 Å². The fourth-order valence-corrected chi connectivity index (χ4v) is 3.33. The van der Waals surface area contributed by atoms with E-state index in [4.69, 9.17) is 0 Å². The highest BCUT2D eigenvalue weighted by molar-refractivity contribution is 7.12. The molecule has 0 radical (unpaired) electrons. The molecule has 3 rings (SSSR count). The van der Waals surface area contributed by atoms with Gasteiger partial charge in [-0.1, -0.05) is 6.07 Å². The molecule has 23 heavy (non-hydrogen) atoms. The summed E-state index contributed by atoms with van der Waals surface area (Å²) in [6.07, 6.45) is 2.14. The van der Waals surface area contributed by atoms with Gasteiger partial charge in [-0.25, -0.2) is 5.43 Å². The molecule has 0 atom stereocenters. The summed E-state index contributed by atoms with van der Waals surface area (Å²) in [5.41, 5.74) is 2.76. The van der Waals surface area contributed by atoms with Crippen LogP contribution in [0.3, 0.4) is 0 Å². The van der Waals surface area contributed by atoms with Gasteiger partial charge in [-0.15, -0.1) is 11.3 Å². The van der Waals surface area contributed by atoms with Crippen LogP contribution in [0.5, 0.6) is 0 Å². The van der Waals surface area contributed by atoms with Crippen LogP contribution in [0.15, 0.2) is 22.6 Å². The highest BCUT2D eigenvalue weighted by atomic mass is 32.1. The molecule has 0 aromatic carbocycles. The fourth-order valence-electron chi connectivity index (χ4n) is 2.70. The lowest BCUT2D eigenvalue weighted by Crippen LogP contribution is -2.49. The lowest BCUT2D eigenvalue weighted by atomic mass is 10.0. The molecule has 0 spiro atoms. The number of nitrogens with one attached hydrogen (secondary N) is 2. The van der Waals surface area contributed by atoms with Crippen LogP contribution in [-0.4, -0.2) is 47.5 Å². The molecular weight excluding hydrogens is 316 g/mol. The third-order valence-corrected chi connectivity index (χ3v) is 4.88. The standard InChI is InChI=1S/C15H18N4O3S/c20-13-4-3-11(17-18-13)15(22)19-7-5-10(6-8-19)16-14(21)12-2-1-9-23-12/h1-2,9-10H,3-8H2,(H,16,21)(H,18,20). The van der Waals surface area contributed by atoms with Crippen LogP contribution in [0.2, 0.25) is 0 Å². The summed E-state index contributed by atoms with van der Waals surface area (Å²) in [6, 6.07) is 3.74. The van der Waals surface area contributed by atoms with Crippen molar-refractivity contribution < 1.29 is 14.4 Å². The van der Waals surface area contributed by atoms with Crippen molar-refractivity contribution in [1.82, 2.24) is 15.6 Å². The Kier molecular flexibility index (Phi) is 4.71. The zero-order valence-electron chi connectivity index (χ0n) is 12.6. The number of likely N-dealkylation sites (tertiary alicyclic amines) is 1. The maximum Gasteiger partial charge on any atom is 0.270 e. The quantitative estimate of drug-likeness (QED) is 0.854. The van der Waals surface area contributed by atoms with Gasteiger partial charge in [0.1, 0.15) is 5.71 Å². The van der Waals surface area contributed by atoms with Gasteiger partial charge in [-0.2, -0.15) is 5.10 Å². The van der Waals surface area contributed by atoms with Gasteiger partial charge < -0.3 is 10.2 Å². The van der Waals surface area contributed by atoms with Crippen LogP contribution in [-0.2, 0) is 9.59 Å². The summed E-state index contributed by atoms with van der Waals surface area (Å²) >= 11 is 1.42. The lowest BCUT2D eigenvalue weighted by Gasteiger charge is -2.32. The molecule has 8 heteroatoms. The number of piperidine rings is 1. The van der Waals surface area contributed by atoms with E-state index in [0.29, 0.717) is 36.5 Å². The summed E-state index contributed by atoms with van der Waals surface area (Å²) in [7, 11) is 0. The highest BCUT2D eigenvalue weighted by Crippen LogP contribution is 2.15. The molecule has 1 aromatic rings. The lowest BCUT2D eigenvalue weighted by molar-refractivity contribution is -0.125. The normalized spacial score (nSPS) is 19.0. The molecule has 3 amide bonds. The first-order chi connectivity index (χ1) is 11.1. The van der Waals surface area contributed by atoms with Crippen molar-refractivity contribution in [3.05, 3.63) is 22.4 Å². The molecule has 1 saturated heterocycles. The number of hydrogen-bond acceptors (Lipinski definition) is 5. The predicted molar refractivity (Wildman–Crippen MR) is 86.2 cm³/mol. The highest BCUT2D eigenvalue weighted by Gasteiger charge is 2.28. The molecule has 7 nitrogen and oxygen atoms in total. The number of amides is 3. The minimum Gasteiger partial charge on any atom is -0.348 e. The molecule has 1 aromatic heterocycles. The van der Waals surface area contributed by atoms with Crippen molar-refractivity contribution >= 4 is 34.8 Å². The van der Waals surface area contributed by atoms with E-state index in [1.54, 1.807) is 11.0 Å². The molecule has 2 N–H and O–H groups in total. The van der Waals surface area contributed by atoms with Crippen LogP contribution in [0, 0.1) is 0 Å². The topological polar surface area (TPSA) is 90.9 Å². The SMILES string of the molecule is O=C1CCC(C(=O)N2CCC(NC(=O)c3cccs3)CC2)=NN1. The van der Waals surface area contributed by atoms with Crippen LogP contribution in [0.25, 0.3) is 0 Å². The number of thiophene rings is 1. The molecule has 3 heterocycles. The Labute approximate surface area is 137 Å².